The Morgan fingerprint density at radius 3 is 2.64 bits per heavy atom. The fourth-order valence-electron chi connectivity index (χ4n) is 0.965. The van der Waals surface area contributed by atoms with Crippen LogP contribution in [0.4, 0.5) is 0 Å². The van der Waals surface area contributed by atoms with Gasteiger partial charge in [-0.25, -0.2) is 0 Å². The number of carbonyl (C=O) groups excluding carboxylic acids is 1. The molecule has 14 heavy (non-hydrogen) atoms. The molecular weight excluding hydrogens is 312 g/mol. The van der Waals surface area contributed by atoms with Crippen LogP contribution in [0.25, 0.3) is 0 Å². The first-order valence-corrected chi connectivity index (χ1v) is 9.13. The normalized spacial score (nSPS) is 10.6. The molecule has 1 aromatic rings. The van der Waals surface area contributed by atoms with Crippen LogP contribution in [0.1, 0.15) is 15.9 Å². The zero-order valence-corrected chi connectivity index (χ0v) is 10.6. The van der Waals surface area contributed by atoms with Gasteiger partial charge in [-0.05, 0) is 0 Å². The summed E-state index contributed by atoms with van der Waals surface area (Å²) < 4.78 is 6.35. The van der Waals surface area contributed by atoms with Crippen LogP contribution in [0.15, 0.2) is 24.3 Å². The van der Waals surface area contributed by atoms with Crippen molar-refractivity contribution in [1.29, 1.82) is 0 Å². The molecule has 0 unspecified atom stereocenters. The Balaban J connectivity index is 3.16. The molecule has 1 rings (SSSR count). The number of esters is 1. The number of ether oxygens (including phenoxy) is 1. The molecule has 0 aliphatic rings. The van der Waals surface area contributed by atoms with E-state index in [-0.39, 0.29) is 5.97 Å². The third kappa shape index (κ3) is 3.16. The Kier molecular flexibility index (Phi) is 4.73. The fourth-order valence-corrected chi connectivity index (χ4v) is 2.79. The van der Waals surface area contributed by atoms with Crippen LogP contribution in [0.3, 0.4) is 0 Å². The van der Waals surface area contributed by atoms with Gasteiger partial charge in [0.1, 0.15) is 0 Å². The molecule has 0 N–H and O–H groups in total. The number of halogens is 2. The van der Waals surface area contributed by atoms with Gasteiger partial charge >= 0.3 is 95.5 Å². The van der Waals surface area contributed by atoms with Gasteiger partial charge in [0.2, 0.25) is 0 Å². The Morgan fingerprint density at radius 2 is 2.07 bits per heavy atom. The summed E-state index contributed by atoms with van der Waals surface area (Å²) in [5.74, 6) is -0.374. The summed E-state index contributed by atoms with van der Waals surface area (Å²) >= 11 is -1.91. The Morgan fingerprint density at radius 1 is 1.43 bits per heavy atom. The fraction of sp³-hybridized carbons (Fsp3) is 0.111. The van der Waals surface area contributed by atoms with E-state index in [4.69, 9.17) is 19.4 Å². The first kappa shape index (κ1) is 11.8. The molecule has 0 saturated heterocycles. The standard InChI is InChI=1S/C9H8O2.2ClH.Ru/c1-7-5-3-4-6-8(7)9(10)11-2;;;/h1,3-6H,2H3;2*1H;/q;;;+2/p-2. The predicted octanol–water partition coefficient (Wildman–Crippen LogP) is 2.55. The minimum absolute atomic E-state index is 0.374. The second-order valence-corrected chi connectivity index (χ2v) is 8.11. The number of hydrogen-bond acceptors (Lipinski definition) is 2. The van der Waals surface area contributed by atoms with E-state index in [1.807, 2.05) is 6.07 Å². The van der Waals surface area contributed by atoms with Crippen LogP contribution in [0.5, 0.6) is 0 Å². The second-order valence-electron chi connectivity index (χ2n) is 2.39. The van der Waals surface area contributed by atoms with E-state index in [0.717, 1.165) is 5.56 Å². The van der Waals surface area contributed by atoms with E-state index >= 15 is 0 Å². The number of rotatable bonds is 2. The van der Waals surface area contributed by atoms with Gasteiger partial charge in [0.05, 0.1) is 0 Å². The van der Waals surface area contributed by atoms with Gasteiger partial charge in [-0.1, -0.05) is 0 Å². The van der Waals surface area contributed by atoms with E-state index in [2.05, 4.69) is 4.74 Å². The van der Waals surface area contributed by atoms with Crippen molar-refractivity contribution in [2.75, 3.05) is 7.11 Å². The van der Waals surface area contributed by atoms with Crippen molar-refractivity contribution in [1.82, 2.24) is 0 Å². The molecule has 0 spiro atoms. The monoisotopic (exact) mass is 320 g/mol. The molecule has 78 valence electrons. The summed E-state index contributed by atoms with van der Waals surface area (Å²) in [7, 11) is 12.8. The van der Waals surface area contributed by atoms with Crippen molar-refractivity contribution < 1.29 is 23.0 Å². The summed E-state index contributed by atoms with van der Waals surface area (Å²) in [5, 5.41) is 0. The topological polar surface area (TPSA) is 26.3 Å². The molecule has 0 heterocycles. The Bertz CT molecular complexity index is 373. The summed E-state index contributed by atoms with van der Waals surface area (Å²) in [6.07, 6.45) is 0. The van der Waals surface area contributed by atoms with Crippen molar-refractivity contribution in [3.05, 3.63) is 35.4 Å². The SMILES string of the molecule is COC(=O)c1ccccc1[CH]=[Ru]([Cl])[Cl]. The Labute approximate surface area is 95.3 Å². The van der Waals surface area contributed by atoms with Crippen molar-refractivity contribution in [3.63, 3.8) is 0 Å². The van der Waals surface area contributed by atoms with Gasteiger partial charge in [0.25, 0.3) is 0 Å². The quantitative estimate of drug-likeness (QED) is 0.618. The van der Waals surface area contributed by atoms with Crippen molar-refractivity contribution in [2.24, 2.45) is 0 Å². The molecule has 0 bridgehead atoms. The number of carbonyl (C=O) groups is 1. The van der Waals surface area contributed by atoms with E-state index < -0.39 is 13.5 Å². The van der Waals surface area contributed by atoms with Crippen molar-refractivity contribution in [3.8, 4) is 0 Å². The second kappa shape index (κ2) is 5.60. The average Bonchev–Trinajstić information content (AvgIpc) is 2.16. The number of methoxy groups -OCH3 is 1. The Hall–Kier alpha value is -0.237. The van der Waals surface area contributed by atoms with Crippen molar-refractivity contribution >= 4 is 30.0 Å². The van der Waals surface area contributed by atoms with Gasteiger partial charge in [0, 0.05) is 0 Å². The molecule has 0 aromatic heterocycles. The minimum atomic E-state index is -1.91. The van der Waals surface area contributed by atoms with E-state index in [1.165, 1.54) is 7.11 Å². The molecule has 0 radical (unpaired) electrons. The van der Waals surface area contributed by atoms with Gasteiger partial charge in [0.15, 0.2) is 0 Å². The van der Waals surface area contributed by atoms with Crippen LogP contribution in [-0.2, 0) is 18.3 Å². The zero-order valence-electron chi connectivity index (χ0n) is 7.31. The molecule has 0 atom stereocenters. The summed E-state index contributed by atoms with van der Waals surface area (Å²) in [6.45, 7) is 0. The zero-order chi connectivity index (χ0) is 10.6. The number of benzene rings is 1. The molecule has 0 aliphatic heterocycles. The predicted molar refractivity (Wildman–Crippen MR) is 54.7 cm³/mol. The van der Waals surface area contributed by atoms with Crippen LogP contribution in [0, 0.1) is 0 Å². The number of hydrogen-bond donors (Lipinski definition) is 0. The molecule has 0 amide bonds. The maximum atomic E-state index is 11.3. The van der Waals surface area contributed by atoms with Crippen LogP contribution >= 0.6 is 19.4 Å². The molecule has 1 aromatic carbocycles. The van der Waals surface area contributed by atoms with Crippen molar-refractivity contribution in [2.45, 2.75) is 0 Å². The molecular formula is C9H8Cl2O2Ru. The van der Waals surface area contributed by atoms with Gasteiger partial charge < -0.3 is 0 Å². The molecule has 0 saturated carbocycles. The van der Waals surface area contributed by atoms with Gasteiger partial charge in [-0.3, -0.25) is 0 Å². The molecule has 0 aliphatic carbocycles. The average molecular weight is 320 g/mol. The van der Waals surface area contributed by atoms with Crippen LogP contribution in [0.2, 0.25) is 0 Å². The van der Waals surface area contributed by atoms with E-state index in [9.17, 15) is 4.79 Å². The van der Waals surface area contributed by atoms with Gasteiger partial charge in [-0.15, -0.1) is 0 Å². The van der Waals surface area contributed by atoms with E-state index in [0.29, 0.717) is 5.56 Å². The van der Waals surface area contributed by atoms with Gasteiger partial charge in [-0.2, -0.15) is 0 Å². The maximum absolute atomic E-state index is 11.3. The molecule has 0 fully saturated rings. The first-order chi connectivity index (χ1) is 6.65. The summed E-state index contributed by atoms with van der Waals surface area (Å²) in [5.41, 5.74) is 1.23. The van der Waals surface area contributed by atoms with Crippen LogP contribution < -0.4 is 0 Å². The third-order valence-electron chi connectivity index (χ3n) is 1.55. The summed E-state index contributed by atoms with van der Waals surface area (Å²) in [4.78, 5) is 11.3. The first-order valence-electron chi connectivity index (χ1n) is 3.65. The van der Waals surface area contributed by atoms with E-state index in [1.54, 1.807) is 22.8 Å². The van der Waals surface area contributed by atoms with Crippen LogP contribution in [-0.4, -0.2) is 17.7 Å². The summed E-state index contributed by atoms with van der Waals surface area (Å²) in [6, 6.07) is 7.06. The molecule has 2 nitrogen and oxygen atoms in total. The molecule has 5 heteroatoms. The third-order valence-corrected chi connectivity index (χ3v) is 3.39.